The van der Waals surface area contributed by atoms with Crippen LogP contribution in [0, 0.1) is 0 Å². The number of amides is 1. The van der Waals surface area contributed by atoms with Gasteiger partial charge in [-0.1, -0.05) is 0 Å². The Balaban J connectivity index is 1.77. The molecule has 2 N–H and O–H groups in total. The third kappa shape index (κ3) is 5.96. The van der Waals surface area contributed by atoms with E-state index in [0.717, 1.165) is 5.69 Å². The van der Waals surface area contributed by atoms with Gasteiger partial charge in [-0.05, 0) is 71.5 Å². The van der Waals surface area contributed by atoms with E-state index < -0.39 is 5.97 Å². The number of thiocarbonyl (C=S) groups is 1. The molecule has 3 rings (SSSR count). The minimum absolute atomic E-state index is 0.108. The van der Waals surface area contributed by atoms with Crippen molar-refractivity contribution in [1.29, 1.82) is 0 Å². The van der Waals surface area contributed by atoms with Crippen LogP contribution in [0.25, 0.3) is 0 Å². The van der Waals surface area contributed by atoms with E-state index in [2.05, 4.69) is 31.5 Å². The van der Waals surface area contributed by atoms with Crippen LogP contribution in [0.4, 0.5) is 11.4 Å². The number of carbonyl (C=O) groups excluding carboxylic acids is 2. The fourth-order valence-electron chi connectivity index (χ4n) is 3.20. The molecule has 1 saturated heterocycles. The molecule has 0 saturated carbocycles. The molecule has 170 valence electrons. The van der Waals surface area contributed by atoms with Gasteiger partial charge in [-0.2, -0.15) is 0 Å². The zero-order valence-corrected chi connectivity index (χ0v) is 20.2. The lowest BCUT2D eigenvalue weighted by Gasteiger charge is -2.31. The van der Waals surface area contributed by atoms with Gasteiger partial charge in [0.15, 0.2) is 5.11 Å². The van der Waals surface area contributed by atoms with Crippen molar-refractivity contribution in [2.75, 3.05) is 50.2 Å². The molecule has 1 amide bonds. The number of hydrogen-bond donors (Lipinski definition) is 2. The van der Waals surface area contributed by atoms with Crippen molar-refractivity contribution < 1.29 is 23.8 Å². The number of morpholine rings is 1. The Bertz CT molecular complexity index is 1010. The summed E-state index contributed by atoms with van der Waals surface area (Å²) >= 11 is 8.78. The second kappa shape index (κ2) is 11.3. The molecule has 1 heterocycles. The first-order valence-electron chi connectivity index (χ1n) is 10.0. The van der Waals surface area contributed by atoms with Crippen LogP contribution < -0.4 is 20.3 Å². The summed E-state index contributed by atoms with van der Waals surface area (Å²) in [5, 5.41) is 5.83. The van der Waals surface area contributed by atoms with Crippen molar-refractivity contribution >= 4 is 56.5 Å². The van der Waals surface area contributed by atoms with Crippen LogP contribution in [0.15, 0.2) is 40.9 Å². The number of nitrogens with zero attached hydrogens (tertiary/aromatic N) is 1. The van der Waals surface area contributed by atoms with Crippen molar-refractivity contribution in [3.05, 3.63) is 52.0 Å². The SMILES string of the molecule is CCOc1ccc(C(=O)NC(=S)Nc2cc(C(=O)OC)ccc2N2CCOCC2)cc1Br. The normalized spacial score (nSPS) is 13.3. The van der Waals surface area contributed by atoms with E-state index in [9.17, 15) is 9.59 Å². The minimum atomic E-state index is -0.462. The van der Waals surface area contributed by atoms with Crippen molar-refractivity contribution in [3.8, 4) is 5.75 Å². The molecule has 0 aromatic heterocycles. The van der Waals surface area contributed by atoms with Crippen LogP contribution in [0.2, 0.25) is 0 Å². The Morgan fingerprint density at radius 2 is 1.88 bits per heavy atom. The largest absolute Gasteiger partial charge is 0.493 e. The quantitative estimate of drug-likeness (QED) is 0.440. The number of benzene rings is 2. The molecule has 0 atom stereocenters. The van der Waals surface area contributed by atoms with Gasteiger partial charge >= 0.3 is 5.97 Å². The minimum Gasteiger partial charge on any atom is -0.493 e. The van der Waals surface area contributed by atoms with Gasteiger partial charge in [-0.3, -0.25) is 10.1 Å². The maximum absolute atomic E-state index is 12.7. The van der Waals surface area contributed by atoms with Gasteiger partial charge in [-0.25, -0.2) is 4.79 Å². The summed E-state index contributed by atoms with van der Waals surface area (Å²) in [5.74, 6) is -0.182. The maximum atomic E-state index is 12.7. The van der Waals surface area contributed by atoms with Crippen LogP contribution in [-0.4, -0.2) is 57.0 Å². The number of anilines is 2. The number of nitrogens with one attached hydrogen (secondary N) is 2. The van der Waals surface area contributed by atoms with E-state index in [1.54, 1.807) is 30.3 Å². The van der Waals surface area contributed by atoms with Gasteiger partial charge in [0, 0.05) is 18.7 Å². The van der Waals surface area contributed by atoms with E-state index >= 15 is 0 Å². The highest BCUT2D eigenvalue weighted by Gasteiger charge is 2.19. The molecular weight excluding hydrogens is 498 g/mol. The zero-order chi connectivity index (χ0) is 23.1. The molecule has 0 radical (unpaired) electrons. The van der Waals surface area contributed by atoms with Crippen LogP contribution in [-0.2, 0) is 9.47 Å². The van der Waals surface area contributed by atoms with Crippen molar-refractivity contribution in [3.63, 3.8) is 0 Å². The third-order valence-corrected chi connectivity index (χ3v) is 5.56. The summed E-state index contributed by atoms with van der Waals surface area (Å²) in [5.41, 5.74) is 2.23. The molecule has 0 spiro atoms. The van der Waals surface area contributed by atoms with Gasteiger partial charge in [0.25, 0.3) is 5.91 Å². The highest BCUT2D eigenvalue weighted by atomic mass is 79.9. The summed E-state index contributed by atoms with van der Waals surface area (Å²) in [4.78, 5) is 26.8. The first-order chi connectivity index (χ1) is 15.4. The molecule has 0 bridgehead atoms. The van der Waals surface area contributed by atoms with Gasteiger partial charge in [0.05, 0.1) is 48.3 Å². The summed E-state index contributed by atoms with van der Waals surface area (Å²) in [6, 6.07) is 10.2. The molecule has 32 heavy (non-hydrogen) atoms. The summed E-state index contributed by atoms with van der Waals surface area (Å²) in [6.45, 7) is 5.01. The third-order valence-electron chi connectivity index (χ3n) is 4.74. The molecule has 2 aromatic carbocycles. The number of esters is 1. The van der Waals surface area contributed by atoms with E-state index in [1.165, 1.54) is 7.11 Å². The van der Waals surface area contributed by atoms with Gasteiger partial charge in [0.1, 0.15) is 5.75 Å². The highest BCUT2D eigenvalue weighted by molar-refractivity contribution is 9.10. The van der Waals surface area contributed by atoms with Crippen molar-refractivity contribution in [2.45, 2.75) is 6.92 Å². The molecule has 1 aliphatic rings. The Labute approximate surface area is 200 Å². The number of rotatable bonds is 6. The van der Waals surface area contributed by atoms with Crippen molar-refractivity contribution in [1.82, 2.24) is 5.32 Å². The van der Waals surface area contributed by atoms with Gasteiger partial charge < -0.3 is 24.4 Å². The topological polar surface area (TPSA) is 89.1 Å². The molecule has 0 unspecified atom stereocenters. The Morgan fingerprint density at radius 3 is 2.53 bits per heavy atom. The Kier molecular flexibility index (Phi) is 8.43. The maximum Gasteiger partial charge on any atom is 0.337 e. The number of carbonyl (C=O) groups is 2. The number of halogens is 1. The van der Waals surface area contributed by atoms with E-state index in [0.29, 0.717) is 59.9 Å². The number of hydrogen-bond acceptors (Lipinski definition) is 7. The molecule has 0 aliphatic carbocycles. The Hall–Kier alpha value is -2.69. The second-order valence-corrected chi connectivity index (χ2v) is 8.07. The first kappa shape index (κ1) is 24.0. The van der Waals surface area contributed by atoms with Crippen LogP contribution >= 0.6 is 28.1 Å². The van der Waals surface area contributed by atoms with Crippen LogP contribution in [0.1, 0.15) is 27.6 Å². The molecule has 1 aliphatic heterocycles. The number of ether oxygens (including phenoxy) is 3. The molecule has 1 fully saturated rings. The molecule has 8 nitrogen and oxygen atoms in total. The monoisotopic (exact) mass is 521 g/mol. The predicted octanol–water partition coefficient (Wildman–Crippen LogP) is 3.60. The second-order valence-electron chi connectivity index (χ2n) is 6.81. The zero-order valence-electron chi connectivity index (χ0n) is 17.8. The average molecular weight is 522 g/mol. The van der Waals surface area contributed by atoms with Crippen molar-refractivity contribution in [2.24, 2.45) is 0 Å². The molecule has 2 aromatic rings. The average Bonchev–Trinajstić information content (AvgIpc) is 2.80. The molecular formula is C22H24BrN3O5S. The first-order valence-corrected chi connectivity index (χ1v) is 11.2. The summed E-state index contributed by atoms with van der Waals surface area (Å²) in [6.07, 6.45) is 0. The number of methoxy groups -OCH3 is 1. The summed E-state index contributed by atoms with van der Waals surface area (Å²) in [7, 11) is 1.32. The van der Waals surface area contributed by atoms with Crippen LogP contribution in [0.5, 0.6) is 5.75 Å². The smallest absolute Gasteiger partial charge is 0.337 e. The predicted molar refractivity (Wildman–Crippen MR) is 130 cm³/mol. The van der Waals surface area contributed by atoms with E-state index in [-0.39, 0.29) is 11.0 Å². The standard InChI is InChI=1S/C22H24BrN3O5S/c1-3-31-19-7-5-14(12-16(19)23)20(27)25-22(32)24-17-13-15(21(28)29-2)4-6-18(17)26-8-10-30-11-9-26/h4-7,12-13H,3,8-11H2,1-2H3,(H2,24,25,27,32). The fraction of sp³-hybridized carbons (Fsp3) is 0.318. The highest BCUT2D eigenvalue weighted by Crippen LogP contribution is 2.29. The van der Waals surface area contributed by atoms with Gasteiger partial charge in [0.2, 0.25) is 0 Å². The van der Waals surface area contributed by atoms with Crippen LogP contribution in [0.3, 0.4) is 0 Å². The molecule has 10 heteroatoms. The summed E-state index contributed by atoms with van der Waals surface area (Å²) < 4.78 is 16.4. The Morgan fingerprint density at radius 1 is 1.16 bits per heavy atom. The lowest BCUT2D eigenvalue weighted by molar-refractivity contribution is 0.0600. The lowest BCUT2D eigenvalue weighted by atomic mass is 10.1. The van der Waals surface area contributed by atoms with E-state index in [1.807, 2.05) is 13.0 Å². The fourth-order valence-corrected chi connectivity index (χ4v) is 3.90. The van der Waals surface area contributed by atoms with E-state index in [4.69, 9.17) is 26.4 Å². The lowest BCUT2D eigenvalue weighted by Crippen LogP contribution is -2.38. The van der Waals surface area contributed by atoms with Gasteiger partial charge in [-0.15, -0.1) is 0 Å².